The fourth-order valence-corrected chi connectivity index (χ4v) is 3.24. The zero-order valence-corrected chi connectivity index (χ0v) is 11.4. The summed E-state index contributed by atoms with van der Waals surface area (Å²) in [6, 6.07) is 3.76. The van der Waals surface area contributed by atoms with Crippen molar-refractivity contribution >= 4 is 17.6 Å². The first-order valence-corrected chi connectivity index (χ1v) is 7.23. The van der Waals surface area contributed by atoms with Gasteiger partial charge in [0.15, 0.2) is 5.82 Å². The molecule has 1 unspecified atom stereocenters. The van der Waals surface area contributed by atoms with E-state index in [0.717, 1.165) is 29.4 Å². The van der Waals surface area contributed by atoms with Gasteiger partial charge in [0.25, 0.3) is 5.89 Å². The van der Waals surface area contributed by atoms with Gasteiger partial charge in [-0.25, -0.2) is 4.98 Å². The standard InChI is InChI=1S/C12H15N5OS/c1-17-4-5-19-7-9(17)11-15-12(18-16-11)8-2-3-14-10(13)6-8/h2-3,6,9H,4-5,7H2,1H3,(H2,13,14). The number of anilines is 1. The maximum absolute atomic E-state index is 5.66. The van der Waals surface area contributed by atoms with Gasteiger partial charge in [0.05, 0.1) is 6.04 Å². The summed E-state index contributed by atoms with van der Waals surface area (Å²) in [4.78, 5) is 10.7. The number of hydrogen-bond acceptors (Lipinski definition) is 7. The number of hydrogen-bond donors (Lipinski definition) is 1. The number of thioether (sulfide) groups is 1. The first kappa shape index (κ1) is 12.4. The Hall–Kier alpha value is -1.60. The number of rotatable bonds is 2. The molecule has 0 saturated carbocycles. The zero-order chi connectivity index (χ0) is 13.2. The van der Waals surface area contributed by atoms with Crippen LogP contribution in [0.5, 0.6) is 0 Å². The van der Waals surface area contributed by atoms with Gasteiger partial charge in [-0.05, 0) is 19.2 Å². The van der Waals surface area contributed by atoms with Crippen LogP contribution in [-0.2, 0) is 0 Å². The molecule has 2 N–H and O–H groups in total. The van der Waals surface area contributed by atoms with Crippen LogP contribution in [-0.4, -0.2) is 45.1 Å². The lowest BCUT2D eigenvalue weighted by atomic mass is 10.2. The van der Waals surface area contributed by atoms with Crippen molar-refractivity contribution in [2.45, 2.75) is 6.04 Å². The highest BCUT2D eigenvalue weighted by atomic mass is 32.2. The predicted molar refractivity (Wildman–Crippen MR) is 74.6 cm³/mol. The molecule has 3 rings (SSSR count). The summed E-state index contributed by atoms with van der Waals surface area (Å²) in [5.41, 5.74) is 6.46. The summed E-state index contributed by atoms with van der Waals surface area (Å²) in [5.74, 6) is 3.82. The van der Waals surface area contributed by atoms with E-state index in [1.54, 1.807) is 12.3 Å². The molecule has 1 saturated heterocycles. The smallest absolute Gasteiger partial charge is 0.258 e. The van der Waals surface area contributed by atoms with E-state index in [4.69, 9.17) is 10.3 Å². The van der Waals surface area contributed by atoms with Crippen molar-refractivity contribution in [2.75, 3.05) is 30.8 Å². The third-order valence-electron chi connectivity index (χ3n) is 3.16. The SMILES string of the molecule is CN1CCSCC1c1noc(-c2ccnc(N)c2)n1. The first-order chi connectivity index (χ1) is 9.24. The van der Waals surface area contributed by atoms with Gasteiger partial charge in [-0.3, -0.25) is 4.90 Å². The molecule has 2 aromatic rings. The number of aromatic nitrogens is 3. The molecule has 0 spiro atoms. The number of nitrogens with zero attached hydrogens (tertiary/aromatic N) is 4. The van der Waals surface area contributed by atoms with E-state index in [2.05, 4.69) is 27.1 Å². The van der Waals surface area contributed by atoms with Crippen molar-refractivity contribution in [1.82, 2.24) is 20.0 Å². The van der Waals surface area contributed by atoms with Crippen molar-refractivity contribution in [3.05, 3.63) is 24.2 Å². The maximum atomic E-state index is 5.66. The van der Waals surface area contributed by atoms with E-state index in [1.165, 1.54) is 0 Å². The molecule has 0 bridgehead atoms. The van der Waals surface area contributed by atoms with Gasteiger partial charge < -0.3 is 10.3 Å². The largest absolute Gasteiger partial charge is 0.384 e. The highest BCUT2D eigenvalue weighted by Gasteiger charge is 2.26. The molecule has 0 aliphatic carbocycles. The van der Waals surface area contributed by atoms with Crippen LogP contribution in [0.15, 0.2) is 22.9 Å². The van der Waals surface area contributed by atoms with Gasteiger partial charge in [-0.1, -0.05) is 5.16 Å². The van der Waals surface area contributed by atoms with Crippen LogP contribution < -0.4 is 5.73 Å². The molecule has 0 aromatic carbocycles. The predicted octanol–water partition coefficient (Wildman–Crippen LogP) is 1.43. The molecular weight excluding hydrogens is 262 g/mol. The minimum absolute atomic E-state index is 0.218. The molecule has 1 aliphatic rings. The molecule has 3 heterocycles. The molecular formula is C12H15N5OS. The lowest BCUT2D eigenvalue weighted by Crippen LogP contribution is -2.33. The molecule has 6 nitrogen and oxygen atoms in total. The molecule has 0 radical (unpaired) electrons. The second-order valence-corrected chi connectivity index (χ2v) is 5.65. The minimum Gasteiger partial charge on any atom is -0.384 e. The van der Waals surface area contributed by atoms with E-state index in [1.807, 2.05) is 17.8 Å². The highest BCUT2D eigenvalue weighted by molar-refractivity contribution is 7.99. The summed E-state index contributed by atoms with van der Waals surface area (Å²) < 4.78 is 5.33. The fraction of sp³-hybridized carbons (Fsp3) is 0.417. The van der Waals surface area contributed by atoms with Gasteiger partial charge in [0.2, 0.25) is 0 Å². The Morgan fingerprint density at radius 2 is 2.42 bits per heavy atom. The second-order valence-electron chi connectivity index (χ2n) is 4.50. The third-order valence-corrected chi connectivity index (χ3v) is 4.19. The normalized spacial score (nSPS) is 20.6. The molecule has 1 aliphatic heterocycles. The molecule has 2 aromatic heterocycles. The molecule has 1 atom stereocenters. The highest BCUT2D eigenvalue weighted by Crippen LogP contribution is 2.28. The molecule has 0 amide bonds. The summed E-state index contributed by atoms with van der Waals surface area (Å²) in [5, 5.41) is 4.09. The minimum atomic E-state index is 0.218. The van der Waals surface area contributed by atoms with Gasteiger partial charge in [-0.15, -0.1) is 0 Å². The average molecular weight is 277 g/mol. The van der Waals surface area contributed by atoms with Crippen LogP contribution in [0.1, 0.15) is 11.9 Å². The van der Waals surface area contributed by atoms with E-state index in [0.29, 0.717) is 11.7 Å². The molecule has 7 heteroatoms. The van der Waals surface area contributed by atoms with Crippen molar-refractivity contribution < 1.29 is 4.52 Å². The summed E-state index contributed by atoms with van der Waals surface area (Å²) >= 11 is 1.92. The number of nitrogens with two attached hydrogens (primary N) is 1. The van der Waals surface area contributed by atoms with Gasteiger partial charge in [-0.2, -0.15) is 16.7 Å². The van der Waals surface area contributed by atoms with Crippen LogP contribution in [0.25, 0.3) is 11.5 Å². The lowest BCUT2D eigenvalue weighted by Gasteiger charge is -2.29. The topological polar surface area (TPSA) is 81.1 Å². The Balaban J connectivity index is 1.86. The summed E-state index contributed by atoms with van der Waals surface area (Å²) in [6.07, 6.45) is 1.64. The van der Waals surface area contributed by atoms with Gasteiger partial charge in [0, 0.05) is 29.8 Å². The van der Waals surface area contributed by atoms with Crippen molar-refractivity contribution in [1.29, 1.82) is 0 Å². The Bertz CT molecular complexity index is 573. The maximum Gasteiger partial charge on any atom is 0.258 e. The Morgan fingerprint density at radius 3 is 3.21 bits per heavy atom. The van der Waals surface area contributed by atoms with Crippen LogP contribution in [0, 0.1) is 0 Å². The van der Waals surface area contributed by atoms with Gasteiger partial charge >= 0.3 is 0 Å². The summed E-state index contributed by atoms with van der Waals surface area (Å²) in [7, 11) is 2.09. The first-order valence-electron chi connectivity index (χ1n) is 6.07. The fourth-order valence-electron chi connectivity index (χ4n) is 2.03. The Kier molecular flexibility index (Phi) is 3.39. The van der Waals surface area contributed by atoms with Crippen LogP contribution in [0.3, 0.4) is 0 Å². The van der Waals surface area contributed by atoms with E-state index >= 15 is 0 Å². The quantitative estimate of drug-likeness (QED) is 0.889. The van der Waals surface area contributed by atoms with Crippen LogP contribution >= 0.6 is 11.8 Å². The molecule has 100 valence electrons. The Labute approximate surface area is 115 Å². The molecule has 1 fully saturated rings. The van der Waals surface area contributed by atoms with Gasteiger partial charge in [0.1, 0.15) is 5.82 Å². The lowest BCUT2D eigenvalue weighted by molar-refractivity contribution is 0.257. The van der Waals surface area contributed by atoms with Crippen molar-refractivity contribution in [3.63, 3.8) is 0 Å². The molecule has 19 heavy (non-hydrogen) atoms. The number of pyridine rings is 1. The monoisotopic (exact) mass is 277 g/mol. The Morgan fingerprint density at radius 1 is 1.53 bits per heavy atom. The van der Waals surface area contributed by atoms with E-state index < -0.39 is 0 Å². The van der Waals surface area contributed by atoms with Crippen molar-refractivity contribution in [2.24, 2.45) is 0 Å². The van der Waals surface area contributed by atoms with Crippen LogP contribution in [0.4, 0.5) is 5.82 Å². The number of nitrogen functional groups attached to an aromatic ring is 1. The van der Waals surface area contributed by atoms with Crippen molar-refractivity contribution in [3.8, 4) is 11.5 Å². The van der Waals surface area contributed by atoms with E-state index in [9.17, 15) is 0 Å². The van der Waals surface area contributed by atoms with E-state index in [-0.39, 0.29) is 6.04 Å². The van der Waals surface area contributed by atoms with Crippen LogP contribution in [0.2, 0.25) is 0 Å². The summed E-state index contributed by atoms with van der Waals surface area (Å²) in [6.45, 7) is 1.04. The third kappa shape index (κ3) is 2.57. The second kappa shape index (κ2) is 5.18. The zero-order valence-electron chi connectivity index (χ0n) is 10.6. The average Bonchev–Trinajstić information content (AvgIpc) is 2.89.